The summed E-state index contributed by atoms with van der Waals surface area (Å²) in [5.41, 5.74) is 2.12. The highest BCUT2D eigenvalue weighted by Gasteiger charge is 2.22. The van der Waals surface area contributed by atoms with E-state index in [0.29, 0.717) is 35.3 Å². The Bertz CT molecular complexity index is 1310. The third-order valence-corrected chi connectivity index (χ3v) is 5.33. The predicted octanol–water partition coefficient (Wildman–Crippen LogP) is 4.53. The standard InChI is InChI=1S/C28H27FN4O4/c1-19-30-16-23(31-19)15-27(34)33-26(18-36-17-20-5-3-2-4-6-20)28(35)32-22-9-13-25(14-10-22)37-24-11-7-21(29)8-12-24/h2-14,16,26H,15,17-18H2,1H3,(H,30,31)(H,32,35)(H,33,34)/t26-/m0/s1. The van der Waals surface area contributed by atoms with Crippen molar-refractivity contribution in [3.8, 4) is 11.5 Å². The summed E-state index contributed by atoms with van der Waals surface area (Å²) in [5.74, 6) is 0.610. The van der Waals surface area contributed by atoms with Gasteiger partial charge in [0.25, 0.3) is 0 Å². The average Bonchev–Trinajstić information content (AvgIpc) is 3.30. The molecule has 1 atom stereocenters. The summed E-state index contributed by atoms with van der Waals surface area (Å²) >= 11 is 0. The van der Waals surface area contributed by atoms with Crippen LogP contribution in [0.3, 0.4) is 0 Å². The first-order valence-electron chi connectivity index (χ1n) is 11.7. The molecule has 0 spiro atoms. The Morgan fingerprint density at radius 1 is 0.973 bits per heavy atom. The normalized spacial score (nSPS) is 11.5. The van der Waals surface area contributed by atoms with Crippen molar-refractivity contribution in [2.75, 3.05) is 11.9 Å². The number of aromatic nitrogens is 2. The van der Waals surface area contributed by atoms with Gasteiger partial charge in [0.1, 0.15) is 29.2 Å². The molecule has 3 N–H and O–H groups in total. The highest BCUT2D eigenvalue weighted by atomic mass is 19.1. The topological polar surface area (TPSA) is 105 Å². The smallest absolute Gasteiger partial charge is 0.249 e. The minimum Gasteiger partial charge on any atom is -0.457 e. The molecule has 190 valence electrons. The molecule has 0 fully saturated rings. The Morgan fingerprint density at radius 2 is 1.65 bits per heavy atom. The van der Waals surface area contributed by atoms with Crippen LogP contribution in [0.2, 0.25) is 0 Å². The van der Waals surface area contributed by atoms with Crippen LogP contribution in [-0.2, 0) is 27.4 Å². The Labute approximate surface area is 213 Å². The molecule has 9 heteroatoms. The molecule has 1 heterocycles. The van der Waals surface area contributed by atoms with Crippen molar-refractivity contribution in [3.05, 3.63) is 108 Å². The first kappa shape index (κ1) is 25.6. The van der Waals surface area contributed by atoms with E-state index in [0.717, 1.165) is 5.56 Å². The summed E-state index contributed by atoms with van der Waals surface area (Å²) in [4.78, 5) is 32.8. The summed E-state index contributed by atoms with van der Waals surface area (Å²) in [6.45, 7) is 2.08. The number of carbonyl (C=O) groups is 2. The minimum atomic E-state index is -0.921. The van der Waals surface area contributed by atoms with Crippen LogP contribution >= 0.6 is 0 Å². The monoisotopic (exact) mass is 502 g/mol. The van der Waals surface area contributed by atoms with Gasteiger partial charge >= 0.3 is 0 Å². The molecule has 4 rings (SSSR count). The molecule has 0 unspecified atom stereocenters. The van der Waals surface area contributed by atoms with E-state index in [1.54, 1.807) is 37.4 Å². The number of hydrogen-bond donors (Lipinski definition) is 3. The van der Waals surface area contributed by atoms with E-state index in [1.807, 2.05) is 30.3 Å². The summed E-state index contributed by atoms with van der Waals surface area (Å²) in [5, 5.41) is 5.55. The van der Waals surface area contributed by atoms with E-state index in [4.69, 9.17) is 9.47 Å². The first-order valence-corrected chi connectivity index (χ1v) is 11.7. The molecule has 0 saturated carbocycles. The van der Waals surface area contributed by atoms with Gasteiger partial charge in [-0.1, -0.05) is 30.3 Å². The van der Waals surface area contributed by atoms with Crippen LogP contribution in [0.5, 0.6) is 11.5 Å². The largest absolute Gasteiger partial charge is 0.457 e. The maximum atomic E-state index is 13.1. The van der Waals surface area contributed by atoms with Crippen molar-refractivity contribution in [3.63, 3.8) is 0 Å². The second-order valence-corrected chi connectivity index (χ2v) is 8.36. The number of rotatable bonds is 11. The fourth-order valence-corrected chi connectivity index (χ4v) is 3.51. The van der Waals surface area contributed by atoms with Gasteiger partial charge in [-0.15, -0.1) is 0 Å². The molecule has 1 aromatic heterocycles. The van der Waals surface area contributed by atoms with Crippen molar-refractivity contribution in [1.82, 2.24) is 15.3 Å². The third kappa shape index (κ3) is 8.01. The number of aryl methyl sites for hydroxylation is 1. The van der Waals surface area contributed by atoms with Crippen LogP contribution in [0.1, 0.15) is 17.1 Å². The van der Waals surface area contributed by atoms with E-state index in [2.05, 4.69) is 20.6 Å². The van der Waals surface area contributed by atoms with Gasteiger partial charge in [0.2, 0.25) is 11.8 Å². The van der Waals surface area contributed by atoms with Gasteiger partial charge in [0.05, 0.1) is 19.6 Å². The SMILES string of the molecule is Cc1ncc(CC(=O)N[C@@H](COCc2ccccc2)C(=O)Nc2ccc(Oc3ccc(F)cc3)cc2)[nH]1. The van der Waals surface area contributed by atoms with Gasteiger partial charge in [-0.25, -0.2) is 9.37 Å². The summed E-state index contributed by atoms with van der Waals surface area (Å²) in [6, 6.07) is 21.0. The van der Waals surface area contributed by atoms with Gasteiger partial charge < -0.3 is 25.1 Å². The van der Waals surface area contributed by atoms with Crippen LogP contribution in [-0.4, -0.2) is 34.4 Å². The van der Waals surface area contributed by atoms with Gasteiger partial charge in [0.15, 0.2) is 0 Å². The molecule has 0 aliphatic carbocycles. The molecule has 0 aliphatic rings. The number of nitrogens with zero attached hydrogens (tertiary/aromatic N) is 1. The van der Waals surface area contributed by atoms with Crippen LogP contribution in [0, 0.1) is 12.7 Å². The maximum Gasteiger partial charge on any atom is 0.249 e. The number of anilines is 1. The number of carbonyl (C=O) groups excluding carboxylic acids is 2. The lowest BCUT2D eigenvalue weighted by Gasteiger charge is -2.19. The number of ether oxygens (including phenoxy) is 2. The van der Waals surface area contributed by atoms with Crippen LogP contribution in [0.15, 0.2) is 85.1 Å². The molecule has 0 saturated heterocycles. The molecular weight excluding hydrogens is 475 g/mol. The maximum absolute atomic E-state index is 13.1. The highest BCUT2D eigenvalue weighted by molar-refractivity contribution is 5.97. The van der Waals surface area contributed by atoms with Gasteiger partial charge in [-0.05, 0) is 61.0 Å². The van der Waals surface area contributed by atoms with E-state index in [9.17, 15) is 14.0 Å². The van der Waals surface area contributed by atoms with Crippen molar-refractivity contribution >= 4 is 17.5 Å². The van der Waals surface area contributed by atoms with E-state index < -0.39 is 11.9 Å². The quantitative estimate of drug-likeness (QED) is 0.279. The van der Waals surface area contributed by atoms with Crippen molar-refractivity contribution in [2.24, 2.45) is 0 Å². The summed E-state index contributed by atoms with van der Waals surface area (Å²) in [6.07, 6.45) is 1.64. The molecule has 0 radical (unpaired) electrons. The lowest BCUT2D eigenvalue weighted by molar-refractivity contribution is -0.127. The Hall–Kier alpha value is -4.50. The van der Waals surface area contributed by atoms with Crippen LogP contribution < -0.4 is 15.4 Å². The zero-order valence-corrected chi connectivity index (χ0v) is 20.2. The summed E-state index contributed by atoms with van der Waals surface area (Å²) in [7, 11) is 0. The fraction of sp³-hybridized carbons (Fsp3) is 0.179. The third-order valence-electron chi connectivity index (χ3n) is 5.33. The molecule has 3 aromatic carbocycles. The van der Waals surface area contributed by atoms with Gasteiger partial charge in [-0.2, -0.15) is 0 Å². The minimum absolute atomic E-state index is 0.0137. The number of H-pyrrole nitrogens is 1. The average molecular weight is 503 g/mol. The number of hydrogen-bond acceptors (Lipinski definition) is 5. The van der Waals surface area contributed by atoms with E-state index in [-0.39, 0.29) is 24.8 Å². The number of benzene rings is 3. The zero-order chi connectivity index (χ0) is 26.0. The molecule has 37 heavy (non-hydrogen) atoms. The Balaban J connectivity index is 1.37. The second-order valence-electron chi connectivity index (χ2n) is 8.36. The first-order chi connectivity index (χ1) is 17.9. The second kappa shape index (κ2) is 12.5. The predicted molar refractivity (Wildman–Crippen MR) is 137 cm³/mol. The lowest BCUT2D eigenvalue weighted by Crippen LogP contribution is -2.47. The number of amides is 2. The summed E-state index contributed by atoms with van der Waals surface area (Å²) < 4.78 is 24.5. The molecule has 8 nitrogen and oxygen atoms in total. The van der Waals surface area contributed by atoms with Crippen LogP contribution in [0.4, 0.5) is 10.1 Å². The lowest BCUT2D eigenvalue weighted by atomic mass is 10.2. The molecule has 0 aliphatic heterocycles. The van der Waals surface area contributed by atoms with Crippen molar-refractivity contribution in [1.29, 1.82) is 0 Å². The molecular formula is C28H27FN4O4. The number of aromatic amines is 1. The van der Waals surface area contributed by atoms with Crippen LogP contribution in [0.25, 0.3) is 0 Å². The van der Waals surface area contributed by atoms with E-state index >= 15 is 0 Å². The Morgan fingerprint density at radius 3 is 2.30 bits per heavy atom. The number of imidazole rings is 1. The number of halogens is 1. The van der Waals surface area contributed by atoms with Gasteiger partial charge in [0, 0.05) is 17.6 Å². The van der Waals surface area contributed by atoms with Crippen molar-refractivity contribution in [2.45, 2.75) is 26.0 Å². The Kier molecular flexibility index (Phi) is 8.62. The molecule has 2 amide bonds. The number of nitrogens with one attached hydrogen (secondary N) is 3. The van der Waals surface area contributed by atoms with Gasteiger partial charge in [-0.3, -0.25) is 9.59 Å². The van der Waals surface area contributed by atoms with Crippen molar-refractivity contribution < 1.29 is 23.5 Å². The zero-order valence-electron chi connectivity index (χ0n) is 20.2. The fourth-order valence-electron chi connectivity index (χ4n) is 3.51. The molecule has 4 aromatic rings. The highest BCUT2D eigenvalue weighted by Crippen LogP contribution is 2.23. The van der Waals surface area contributed by atoms with E-state index in [1.165, 1.54) is 24.3 Å². The molecule has 0 bridgehead atoms.